The van der Waals surface area contributed by atoms with E-state index in [4.69, 9.17) is 37.3 Å². The number of methoxy groups -OCH3 is 1. The van der Waals surface area contributed by atoms with E-state index in [2.05, 4.69) is 6.07 Å². The summed E-state index contributed by atoms with van der Waals surface area (Å²) in [6.07, 6.45) is 4.47. The molecule has 0 radical (unpaired) electrons. The highest BCUT2D eigenvalue weighted by Crippen LogP contribution is 2.32. The molecule has 2 aromatic carbocycles. The number of nitrogens with two attached hydrogens (primary N) is 2. The van der Waals surface area contributed by atoms with Crippen molar-refractivity contribution < 1.29 is 14.2 Å². The van der Waals surface area contributed by atoms with Crippen molar-refractivity contribution in [3.05, 3.63) is 47.0 Å². The van der Waals surface area contributed by atoms with Gasteiger partial charge in [-0.3, -0.25) is 5.73 Å². The summed E-state index contributed by atoms with van der Waals surface area (Å²) in [7, 11) is 1.66. The number of rotatable bonds is 7. The van der Waals surface area contributed by atoms with E-state index in [1.807, 2.05) is 12.1 Å². The number of benzene rings is 2. The van der Waals surface area contributed by atoms with Gasteiger partial charge in [0.2, 0.25) is 0 Å². The van der Waals surface area contributed by atoms with Crippen molar-refractivity contribution >= 4 is 17.3 Å². The number of anilines is 1. The van der Waals surface area contributed by atoms with Gasteiger partial charge in [-0.05, 0) is 55.9 Å². The molecule has 0 bridgehead atoms. The van der Waals surface area contributed by atoms with E-state index in [0.717, 1.165) is 43.6 Å². The van der Waals surface area contributed by atoms with Gasteiger partial charge in [0.15, 0.2) is 0 Å². The third kappa shape index (κ3) is 4.74. The fraction of sp³-hybridized carbons (Fsp3) is 0.400. The van der Waals surface area contributed by atoms with Crippen LogP contribution >= 0.6 is 11.6 Å². The van der Waals surface area contributed by atoms with Gasteiger partial charge in [-0.2, -0.15) is 0 Å². The first-order valence-corrected chi connectivity index (χ1v) is 9.24. The third-order valence-corrected chi connectivity index (χ3v) is 4.92. The second kappa shape index (κ2) is 8.52. The lowest BCUT2D eigenvalue weighted by molar-refractivity contribution is 0.146. The molecule has 0 spiro atoms. The van der Waals surface area contributed by atoms with Gasteiger partial charge < -0.3 is 19.9 Å². The number of ether oxygens (including phenoxy) is 3. The van der Waals surface area contributed by atoms with Crippen LogP contribution in [0.1, 0.15) is 31.2 Å². The monoisotopic (exact) mass is 376 g/mol. The smallest absolute Gasteiger partial charge is 0.147 e. The zero-order valence-corrected chi connectivity index (χ0v) is 15.7. The predicted molar refractivity (Wildman–Crippen MR) is 104 cm³/mol. The fourth-order valence-corrected chi connectivity index (χ4v) is 3.23. The summed E-state index contributed by atoms with van der Waals surface area (Å²) in [5, 5.41) is 0.511. The van der Waals surface area contributed by atoms with Crippen LogP contribution in [-0.2, 0) is 6.42 Å². The van der Waals surface area contributed by atoms with Gasteiger partial charge in [-0.25, -0.2) is 0 Å². The lowest BCUT2D eigenvalue weighted by Gasteiger charge is -2.27. The number of halogens is 1. The summed E-state index contributed by atoms with van der Waals surface area (Å²) < 4.78 is 17.1. The fourth-order valence-electron chi connectivity index (χ4n) is 3.11. The Balaban J connectivity index is 1.45. The standard InChI is InChI=1S/C20H25ClN2O3/c1-24-15-8-6-13-5-7-14(25-19(13)12-15)3-2-4-20(23)26-16-9-10-17(21)18(22)11-16/h6,8-12,14,20H,2-5,7,22-23H2,1H3. The molecule has 140 valence electrons. The van der Waals surface area contributed by atoms with Crippen LogP contribution in [-0.4, -0.2) is 19.4 Å². The minimum absolute atomic E-state index is 0.202. The van der Waals surface area contributed by atoms with Crippen LogP contribution in [0.25, 0.3) is 0 Å². The number of hydrogen-bond acceptors (Lipinski definition) is 5. The first-order valence-electron chi connectivity index (χ1n) is 8.86. The van der Waals surface area contributed by atoms with Gasteiger partial charge in [-0.15, -0.1) is 0 Å². The normalized spacial score (nSPS) is 17.1. The first-order chi connectivity index (χ1) is 12.5. The maximum absolute atomic E-state index is 6.11. The van der Waals surface area contributed by atoms with Crippen molar-refractivity contribution in [1.82, 2.24) is 0 Å². The van der Waals surface area contributed by atoms with Gasteiger partial charge in [-0.1, -0.05) is 17.7 Å². The molecule has 0 amide bonds. The Morgan fingerprint density at radius 3 is 2.81 bits per heavy atom. The lowest BCUT2D eigenvalue weighted by atomic mass is 9.98. The second-order valence-electron chi connectivity index (χ2n) is 6.52. The Kier molecular flexibility index (Phi) is 6.12. The van der Waals surface area contributed by atoms with E-state index >= 15 is 0 Å². The highest BCUT2D eigenvalue weighted by Gasteiger charge is 2.20. The van der Waals surface area contributed by atoms with Crippen LogP contribution in [0, 0.1) is 0 Å². The zero-order valence-electron chi connectivity index (χ0n) is 14.9. The van der Waals surface area contributed by atoms with E-state index in [0.29, 0.717) is 16.5 Å². The molecule has 0 fully saturated rings. The highest BCUT2D eigenvalue weighted by molar-refractivity contribution is 6.33. The largest absolute Gasteiger partial charge is 0.497 e. The van der Waals surface area contributed by atoms with E-state index in [1.165, 1.54) is 5.56 Å². The van der Waals surface area contributed by atoms with Crippen LogP contribution in [0.4, 0.5) is 5.69 Å². The molecule has 1 aliphatic rings. The van der Waals surface area contributed by atoms with Crippen molar-refractivity contribution in [2.45, 2.75) is 44.4 Å². The quantitative estimate of drug-likeness (QED) is 0.560. The average Bonchev–Trinajstić information content (AvgIpc) is 2.64. The summed E-state index contributed by atoms with van der Waals surface area (Å²) in [5.41, 5.74) is 13.6. The Hall–Kier alpha value is -2.11. The molecular weight excluding hydrogens is 352 g/mol. The molecule has 4 N–H and O–H groups in total. The lowest BCUT2D eigenvalue weighted by Crippen LogP contribution is -2.28. The third-order valence-electron chi connectivity index (χ3n) is 4.57. The predicted octanol–water partition coefficient (Wildman–Crippen LogP) is 4.16. The molecule has 1 aliphatic heterocycles. The Labute approximate surface area is 159 Å². The van der Waals surface area contributed by atoms with E-state index in [1.54, 1.807) is 25.3 Å². The molecule has 2 atom stereocenters. The summed E-state index contributed by atoms with van der Waals surface area (Å²) in [4.78, 5) is 0. The SMILES string of the molecule is COc1ccc2c(c1)OC(CCCC(N)Oc1ccc(Cl)c(N)c1)CC2. The van der Waals surface area contributed by atoms with E-state index in [9.17, 15) is 0 Å². The second-order valence-corrected chi connectivity index (χ2v) is 6.93. The molecular formula is C20H25ClN2O3. The summed E-state index contributed by atoms with van der Waals surface area (Å²) in [6.45, 7) is 0. The van der Waals surface area contributed by atoms with E-state index < -0.39 is 0 Å². The van der Waals surface area contributed by atoms with E-state index in [-0.39, 0.29) is 12.3 Å². The minimum Gasteiger partial charge on any atom is -0.497 e. The summed E-state index contributed by atoms with van der Waals surface area (Å²) in [5.74, 6) is 2.38. The maximum Gasteiger partial charge on any atom is 0.147 e. The summed E-state index contributed by atoms with van der Waals surface area (Å²) >= 11 is 5.91. The molecule has 5 nitrogen and oxygen atoms in total. The summed E-state index contributed by atoms with van der Waals surface area (Å²) in [6, 6.07) is 11.2. The molecule has 0 saturated carbocycles. The van der Waals surface area contributed by atoms with Gasteiger partial charge in [0.25, 0.3) is 0 Å². The van der Waals surface area contributed by atoms with Crippen molar-refractivity contribution in [1.29, 1.82) is 0 Å². The van der Waals surface area contributed by atoms with Crippen molar-refractivity contribution in [2.75, 3.05) is 12.8 Å². The highest BCUT2D eigenvalue weighted by atomic mass is 35.5. The molecule has 3 rings (SSSR count). The van der Waals surface area contributed by atoms with Crippen LogP contribution in [0.15, 0.2) is 36.4 Å². The molecule has 26 heavy (non-hydrogen) atoms. The molecule has 2 aromatic rings. The topological polar surface area (TPSA) is 79.7 Å². The van der Waals surface area contributed by atoms with Crippen LogP contribution in [0.2, 0.25) is 5.02 Å². The Morgan fingerprint density at radius 2 is 2.04 bits per heavy atom. The first kappa shape index (κ1) is 18.7. The van der Waals surface area contributed by atoms with Crippen LogP contribution in [0.5, 0.6) is 17.2 Å². The zero-order chi connectivity index (χ0) is 18.5. The molecule has 0 saturated heterocycles. The molecule has 2 unspecified atom stereocenters. The van der Waals surface area contributed by atoms with Gasteiger partial charge in [0, 0.05) is 12.1 Å². The molecule has 0 aliphatic carbocycles. The molecule has 0 aromatic heterocycles. The Morgan fingerprint density at radius 1 is 1.23 bits per heavy atom. The molecule has 1 heterocycles. The maximum atomic E-state index is 6.11. The van der Waals surface area contributed by atoms with Crippen LogP contribution in [0.3, 0.4) is 0 Å². The molecule has 6 heteroatoms. The van der Waals surface area contributed by atoms with Gasteiger partial charge in [0.1, 0.15) is 23.5 Å². The van der Waals surface area contributed by atoms with Gasteiger partial charge >= 0.3 is 0 Å². The van der Waals surface area contributed by atoms with Crippen molar-refractivity contribution in [2.24, 2.45) is 5.73 Å². The van der Waals surface area contributed by atoms with Crippen molar-refractivity contribution in [3.63, 3.8) is 0 Å². The van der Waals surface area contributed by atoms with Gasteiger partial charge in [0.05, 0.1) is 23.9 Å². The number of aryl methyl sites for hydroxylation is 1. The number of hydrogen-bond donors (Lipinski definition) is 2. The number of fused-ring (bicyclic) bond motifs is 1. The number of nitrogen functional groups attached to an aromatic ring is 1. The minimum atomic E-state index is -0.383. The van der Waals surface area contributed by atoms with Crippen molar-refractivity contribution in [3.8, 4) is 17.2 Å². The van der Waals surface area contributed by atoms with Crippen LogP contribution < -0.4 is 25.7 Å². The Bertz CT molecular complexity index is 754. The average molecular weight is 377 g/mol.